The second-order valence-corrected chi connectivity index (χ2v) is 9.46. The average Bonchev–Trinajstić information content (AvgIpc) is 3.46. The second-order valence-electron chi connectivity index (χ2n) is 8.60. The van der Waals surface area contributed by atoms with E-state index in [0.29, 0.717) is 11.1 Å². The van der Waals surface area contributed by atoms with Crippen LogP contribution in [-0.4, -0.2) is 76.3 Å². The minimum atomic E-state index is -0.121. The van der Waals surface area contributed by atoms with E-state index in [1.807, 2.05) is 52.1 Å². The van der Waals surface area contributed by atoms with Gasteiger partial charge >= 0.3 is 0 Å². The maximum absolute atomic E-state index is 13.0. The first-order valence-corrected chi connectivity index (χ1v) is 12.3. The summed E-state index contributed by atoms with van der Waals surface area (Å²) >= 11 is 1.49. The third-order valence-corrected chi connectivity index (χ3v) is 6.97. The van der Waals surface area contributed by atoms with Crippen LogP contribution >= 0.6 is 11.3 Å². The molecule has 0 spiro atoms. The van der Waals surface area contributed by atoms with Crippen molar-refractivity contribution in [2.75, 3.05) is 45.6 Å². The molecule has 1 saturated heterocycles. The average molecular weight is 490 g/mol. The Kier molecular flexibility index (Phi) is 6.23. The number of rotatable bonds is 5. The van der Waals surface area contributed by atoms with Gasteiger partial charge in [-0.2, -0.15) is 0 Å². The SMILES string of the molecule is CNC(=O)c1ccc(Nc2nc(-c3c(C)nc4cc(C(=O)N5CCN(C)CC5)ccn34)cs2)cc1. The predicted octanol–water partition coefficient (Wildman–Crippen LogP) is 3.26. The van der Waals surface area contributed by atoms with Gasteiger partial charge in [-0.3, -0.25) is 14.0 Å². The maximum Gasteiger partial charge on any atom is 0.254 e. The Morgan fingerprint density at radius 2 is 1.74 bits per heavy atom. The third kappa shape index (κ3) is 4.62. The summed E-state index contributed by atoms with van der Waals surface area (Å²) in [5.41, 5.74) is 5.39. The van der Waals surface area contributed by atoms with Crippen LogP contribution in [0.4, 0.5) is 10.8 Å². The molecule has 1 aliphatic heterocycles. The molecule has 0 radical (unpaired) electrons. The molecule has 9 nitrogen and oxygen atoms in total. The van der Waals surface area contributed by atoms with Crippen molar-refractivity contribution in [2.45, 2.75) is 6.92 Å². The van der Waals surface area contributed by atoms with Crippen LogP contribution in [-0.2, 0) is 0 Å². The Morgan fingerprint density at radius 1 is 1.00 bits per heavy atom. The molecule has 4 aromatic rings. The lowest BCUT2D eigenvalue weighted by atomic mass is 10.2. The summed E-state index contributed by atoms with van der Waals surface area (Å²) in [4.78, 5) is 38.3. The highest BCUT2D eigenvalue weighted by molar-refractivity contribution is 7.14. The van der Waals surface area contributed by atoms with E-state index in [9.17, 15) is 9.59 Å². The number of nitrogens with zero attached hydrogens (tertiary/aromatic N) is 5. The molecule has 35 heavy (non-hydrogen) atoms. The van der Waals surface area contributed by atoms with Gasteiger partial charge in [0.1, 0.15) is 11.3 Å². The number of piperazine rings is 1. The largest absolute Gasteiger partial charge is 0.355 e. The molecule has 0 saturated carbocycles. The molecule has 1 aliphatic rings. The topological polar surface area (TPSA) is 94.9 Å². The smallest absolute Gasteiger partial charge is 0.254 e. The minimum Gasteiger partial charge on any atom is -0.355 e. The zero-order valence-electron chi connectivity index (χ0n) is 19.9. The van der Waals surface area contributed by atoms with Gasteiger partial charge in [-0.05, 0) is 50.4 Å². The van der Waals surface area contributed by atoms with Gasteiger partial charge in [0.2, 0.25) is 0 Å². The summed E-state index contributed by atoms with van der Waals surface area (Å²) in [5, 5.41) is 8.64. The molecule has 0 unspecified atom stereocenters. The number of likely N-dealkylation sites (N-methyl/N-ethyl adjacent to an activating group) is 1. The maximum atomic E-state index is 13.0. The number of imidazole rings is 1. The highest BCUT2D eigenvalue weighted by Crippen LogP contribution is 2.30. The normalized spacial score (nSPS) is 14.3. The molecule has 2 N–H and O–H groups in total. The molecule has 0 bridgehead atoms. The zero-order chi connectivity index (χ0) is 24.5. The number of aromatic nitrogens is 3. The van der Waals surface area contributed by atoms with E-state index >= 15 is 0 Å². The Bertz CT molecular complexity index is 1380. The first-order chi connectivity index (χ1) is 16.9. The minimum absolute atomic E-state index is 0.0467. The molecular formula is C25H27N7O2S. The summed E-state index contributed by atoms with van der Waals surface area (Å²) in [5.74, 6) is -0.0741. The van der Waals surface area contributed by atoms with Crippen LogP contribution in [0.5, 0.6) is 0 Å². The highest BCUT2D eigenvalue weighted by atomic mass is 32.1. The number of thiazole rings is 1. The monoisotopic (exact) mass is 489 g/mol. The highest BCUT2D eigenvalue weighted by Gasteiger charge is 2.22. The number of nitrogens with one attached hydrogen (secondary N) is 2. The standard InChI is InChI=1S/C25H27N7O2S/c1-16-22(20-15-35-25(29-20)28-19-6-4-17(5-7-19)23(33)26-2)32-9-8-18(14-21(32)27-16)24(34)31-12-10-30(3)11-13-31/h4-9,14-15H,10-13H2,1-3H3,(H,26,33)(H,28,29). The number of fused-ring (bicyclic) bond motifs is 1. The second kappa shape index (κ2) is 9.47. The van der Waals surface area contributed by atoms with Crippen LogP contribution in [0.3, 0.4) is 0 Å². The summed E-state index contributed by atoms with van der Waals surface area (Å²) in [6.45, 7) is 5.21. The fraction of sp³-hybridized carbons (Fsp3) is 0.280. The van der Waals surface area contributed by atoms with Crippen LogP contribution in [0.1, 0.15) is 26.4 Å². The van der Waals surface area contributed by atoms with E-state index in [0.717, 1.165) is 59.7 Å². The fourth-order valence-corrected chi connectivity index (χ4v) is 4.92. The lowest BCUT2D eigenvalue weighted by molar-refractivity contribution is 0.0664. The molecule has 0 aliphatic carbocycles. The van der Waals surface area contributed by atoms with Gasteiger partial charge in [0, 0.05) is 61.6 Å². The van der Waals surface area contributed by atoms with Gasteiger partial charge in [0.05, 0.1) is 11.4 Å². The fourth-order valence-electron chi connectivity index (χ4n) is 4.21. The summed E-state index contributed by atoms with van der Waals surface area (Å²) < 4.78 is 1.98. The van der Waals surface area contributed by atoms with Crippen LogP contribution in [0, 0.1) is 6.92 Å². The Hall–Kier alpha value is -3.76. The third-order valence-electron chi connectivity index (χ3n) is 6.21. The number of benzene rings is 1. The Morgan fingerprint density at radius 3 is 2.46 bits per heavy atom. The molecular weight excluding hydrogens is 462 g/mol. The van der Waals surface area contributed by atoms with Gasteiger partial charge in [0.25, 0.3) is 11.8 Å². The number of carbonyl (C=O) groups is 2. The van der Waals surface area contributed by atoms with Gasteiger partial charge in [0.15, 0.2) is 5.13 Å². The van der Waals surface area contributed by atoms with Crippen molar-refractivity contribution < 1.29 is 9.59 Å². The molecule has 180 valence electrons. The molecule has 3 aromatic heterocycles. The molecule has 1 aromatic carbocycles. The number of anilines is 2. The molecule has 5 rings (SSSR count). The number of pyridine rings is 1. The number of hydrogen-bond acceptors (Lipinski definition) is 7. The summed E-state index contributed by atoms with van der Waals surface area (Å²) in [6.07, 6.45) is 1.90. The molecule has 10 heteroatoms. The lowest BCUT2D eigenvalue weighted by Gasteiger charge is -2.32. The number of hydrogen-bond donors (Lipinski definition) is 2. The van der Waals surface area contributed by atoms with Crippen LogP contribution in [0.2, 0.25) is 0 Å². The Balaban J connectivity index is 1.36. The zero-order valence-corrected chi connectivity index (χ0v) is 20.7. The van der Waals surface area contributed by atoms with Crippen molar-refractivity contribution in [1.82, 2.24) is 29.5 Å². The lowest BCUT2D eigenvalue weighted by Crippen LogP contribution is -2.47. The van der Waals surface area contributed by atoms with E-state index in [1.54, 1.807) is 19.2 Å². The van der Waals surface area contributed by atoms with E-state index in [2.05, 4.69) is 22.6 Å². The van der Waals surface area contributed by atoms with Gasteiger partial charge in [-0.15, -0.1) is 11.3 Å². The van der Waals surface area contributed by atoms with Gasteiger partial charge < -0.3 is 20.4 Å². The van der Waals surface area contributed by atoms with Crippen molar-refractivity contribution in [3.05, 3.63) is 64.8 Å². The summed E-state index contributed by atoms with van der Waals surface area (Å²) in [6, 6.07) is 11.0. The van der Waals surface area contributed by atoms with Gasteiger partial charge in [-0.1, -0.05) is 0 Å². The van der Waals surface area contributed by atoms with Crippen LogP contribution < -0.4 is 10.6 Å². The van der Waals surface area contributed by atoms with Crippen molar-refractivity contribution in [3.63, 3.8) is 0 Å². The number of carbonyl (C=O) groups excluding carboxylic acids is 2. The summed E-state index contributed by atoms with van der Waals surface area (Å²) in [7, 11) is 3.69. The molecule has 2 amide bonds. The van der Waals surface area contributed by atoms with E-state index in [1.165, 1.54) is 11.3 Å². The van der Waals surface area contributed by atoms with E-state index < -0.39 is 0 Å². The van der Waals surface area contributed by atoms with Crippen molar-refractivity contribution in [2.24, 2.45) is 0 Å². The first-order valence-electron chi connectivity index (χ1n) is 11.4. The molecule has 0 atom stereocenters. The molecule has 1 fully saturated rings. The van der Waals surface area contributed by atoms with E-state index in [-0.39, 0.29) is 11.8 Å². The van der Waals surface area contributed by atoms with E-state index in [4.69, 9.17) is 9.97 Å². The Labute approximate surface area is 207 Å². The van der Waals surface area contributed by atoms with Crippen LogP contribution in [0.15, 0.2) is 48.0 Å². The quantitative estimate of drug-likeness (QED) is 0.447. The van der Waals surface area contributed by atoms with Crippen molar-refractivity contribution in [3.8, 4) is 11.4 Å². The van der Waals surface area contributed by atoms with Crippen molar-refractivity contribution in [1.29, 1.82) is 0 Å². The predicted molar refractivity (Wildman–Crippen MR) is 138 cm³/mol. The van der Waals surface area contributed by atoms with Crippen LogP contribution in [0.25, 0.3) is 17.0 Å². The first kappa shape index (κ1) is 23.0. The number of aryl methyl sites for hydroxylation is 1. The van der Waals surface area contributed by atoms with Crippen molar-refractivity contribution >= 4 is 39.6 Å². The van der Waals surface area contributed by atoms with Gasteiger partial charge in [-0.25, -0.2) is 9.97 Å². The number of amides is 2. The molecule has 4 heterocycles.